The molecule has 5 nitrogen and oxygen atoms in total. The number of carbonyl (C=O) groups excluding carboxylic acids is 1. The quantitative estimate of drug-likeness (QED) is 0.746. The number of ether oxygens (including phenoxy) is 2. The molecule has 3 rings (SSSR count). The van der Waals surface area contributed by atoms with Crippen LogP contribution in [-0.2, 0) is 11.0 Å². The molecule has 8 heteroatoms. The fourth-order valence-corrected chi connectivity index (χ4v) is 2.76. The van der Waals surface area contributed by atoms with Gasteiger partial charge in [0.25, 0.3) is 5.91 Å². The molecule has 1 saturated heterocycles. The zero-order valence-corrected chi connectivity index (χ0v) is 15.6. The number of halogens is 3. The summed E-state index contributed by atoms with van der Waals surface area (Å²) in [6.07, 6.45) is -3.82. The molecule has 0 unspecified atom stereocenters. The van der Waals surface area contributed by atoms with Gasteiger partial charge >= 0.3 is 6.18 Å². The first-order valence-electron chi connectivity index (χ1n) is 8.93. The topological polar surface area (TPSA) is 51.7 Å². The maximum atomic E-state index is 13.0. The molecule has 0 bridgehead atoms. The first-order valence-corrected chi connectivity index (χ1v) is 8.93. The van der Waals surface area contributed by atoms with Gasteiger partial charge in [-0.05, 0) is 35.7 Å². The zero-order valence-electron chi connectivity index (χ0n) is 15.6. The standard InChI is InChI=1S/C20H21F3N2O3/c1-13(2)14-5-7-15(8-6-14)27-12-18(26)25-10-16(11-25)28-19-17(20(21,22)23)4-3-9-24-19/h3-9,13,16H,10-12H2,1-2H3. The second-order valence-corrected chi connectivity index (χ2v) is 6.90. The predicted octanol–water partition coefficient (Wildman–Crippen LogP) is 3.89. The molecule has 0 saturated carbocycles. The molecule has 2 heterocycles. The summed E-state index contributed by atoms with van der Waals surface area (Å²) < 4.78 is 49.7. The van der Waals surface area contributed by atoms with Crippen molar-refractivity contribution in [2.75, 3.05) is 19.7 Å². The van der Waals surface area contributed by atoms with Gasteiger partial charge in [0.05, 0.1) is 13.1 Å². The fourth-order valence-electron chi connectivity index (χ4n) is 2.76. The molecule has 0 aliphatic carbocycles. The average Bonchev–Trinajstić information content (AvgIpc) is 2.62. The van der Waals surface area contributed by atoms with E-state index in [2.05, 4.69) is 18.8 Å². The minimum Gasteiger partial charge on any atom is -0.484 e. The van der Waals surface area contributed by atoms with Crippen molar-refractivity contribution in [2.24, 2.45) is 0 Å². The lowest BCUT2D eigenvalue weighted by atomic mass is 10.0. The molecule has 0 radical (unpaired) electrons. The average molecular weight is 394 g/mol. The number of amides is 1. The van der Waals surface area contributed by atoms with E-state index in [4.69, 9.17) is 9.47 Å². The van der Waals surface area contributed by atoms with Crippen molar-refractivity contribution in [3.8, 4) is 11.6 Å². The SMILES string of the molecule is CC(C)c1ccc(OCC(=O)N2CC(Oc3ncccc3C(F)(F)F)C2)cc1. The van der Waals surface area contributed by atoms with E-state index in [1.807, 2.05) is 24.3 Å². The zero-order chi connectivity index (χ0) is 20.3. The highest BCUT2D eigenvalue weighted by molar-refractivity contribution is 5.78. The minimum absolute atomic E-state index is 0.134. The highest BCUT2D eigenvalue weighted by Crippen LogP contribution is 2.35. The van der Waals surface area contributed by atoms with Gasteiger partial charge in [0, 0.05) is 6.20 Å². The van der Waals surface area contributed by atoms with Crippen molar-refractivity contribution in [2.45, 2.75) is 32.0 Å². The predicted molar refractivity (Wildman–Crippen MR) is 96.3 cm³/mol. The van der Waals surface area contributed by atoms with E-state index in [1.54, 1.807) is 0 Å². The van der Waals surface area contributed by atoms with Gasteiger partial charge in [-0.1, -0.05) is 26.0 Å². The van der Waals surface area contributed by atoms with E-state index in [-0.39, 0.29) is 25.6 Å². The van der Waals surface area contributed by atoms with Crippen LogP contribution in [0.2, 0.25) is 0 Å². The van der Waals surface area contributed by atoms with Crippen LogP contribution in [0.1, 0.15) is 30.9 Å². The van der Waals surface area contributed by atoms with Gasteiger partial charge < -0.3 is 14.4 Å². The third-order valence-electron chi connectivity index (χ3n) is 4.46. The van der Waals surface area contributed by atoms with Gasteiger partial charge in [-0.25, -0.2) is 4.98 Å². The molecule has 1 aromatic carbocycles. The number of rotatable bonds is 6. The van der Waals surface area contributed by atoms with Gasteiger partial charge in [-0.2, -0.15) is 13.2 Å². The van der Waals surface area contributed by atoms with Crippen LogP contribution in [-0.4, -0.2) is 41.6 Å². The second-order valence-electron chi connectivity index (χ2n) is 6.90. The third kappa shape index (κ3) is 4.74. The number of carbonyl (C=O) groups is 1. The molecule has 1 aliphatic rings. The Kier molecular flexibility index (Phi) is 5.76. The summed E-state index contributed by atoms with van der Waals surface area (Å²) in [5.74, 6) is 0.290. The largest absolute Gasteiger partial charge is 0.484 e. The van der Waals surface area contributed by atoms with Crippen LogP contribution in [0.4, 0.5) is 13.2 Å². The number of benzene rings is 1. The van der Waals surface area contributed by atoms with Gasteiger partial charge in [0.2, 0.25) is 5.88 Å². The van der Waals surface area contributed by atoms with E-state index in [1.165, 1.54) is 22.7 Å². The lowest BCUT2D eigenvalue weighted by Crippen LogP contribution is -2.57. The third-order valence-corrected chi connectivity index (χ3v) is 4.46. The molecule has 2 aromatic rings. The first kappa shape index (κ1) is 20.0. The molecule has 0 spiro atoms. The first-order chi connectivity index (χ1) is 13.2. The molecule has 1 fully saturated rings. The van der Waals surface area contributed by atoms with E-state index in [9.17, 15) is 18.0 Å². The summed E-state index contributed by atoms with van der Waals surface area (Å²) in [6, 6.07) is 9.64. The Morgan fingerprint density at radius 2 is 1.89 bits per heavy atom. The molecule has 1 aliphatic heterocycles. The molecular weight excluding hydrogens is 373 g/mol. The smallest absolute Gasteiger partial charge is 0.421 e. The van der Waals surface area contributed by atoms with Gasteiger partial charge in [0.15, 0.2) is 6.61 Å². The highest BCUT2D eigenvalue weighted by Gasteiger charge is 2.38. The molecule has 1 aromatic heterocycles. The van der Waals surface area contributed by atoms with E-state index >= 15 is 0 Å². The number of hydrogen-bond acceptors (Lipinski definition) is 4. The van der Waals surface area contributed by atoms with Crippen LogP contribution in [0.5, 0.6) is 11.6 Å². The monoisotopic (exact) mass is 394 g/mol. The van der Waals surface area contributed by atoms with Crippen LogP contribution in [0, 0.1) is 0 Å². The Morgan fingerprint density at radius 3 is 2.50 bits per heavy atom. The van der Waals surface area contributed by atoms with Gasteiger partial charge in [-0.15, -0.1) is 0 Å². The Bertz CT molecular complexity index is 816. The summed E-state index contributed by atoms with van der Waals surface area (Å²) in [4.78, 5) is 17.3. The number of hydrogen-bond donors (Lipinski definition) is 0. The fraction of sp³-hybridized carbons (Fsp3) is 0.400. The summed E-state index contributed by atoms with van der Waals surface area (Å²) in [5, 5.41) is 0. The number of alkyl halides is 3. The lowest BCUT2D eigenvalue weighted by Gasteiger charge is -2.38. The van der Waals surface area contributed by atoms with Crippen molar-refractivity contribution in [3.05, 3.63) is 53.7 Å². The van der Waals surface area contributed by atoms with Crippen LogP contribution in [0.3, 0.4) is 0 Å². The molecule has 150 valence electrons. The number of nitrogens with zero attached hydrogens (tertiary/aromatic N) is 2. The van der Waals surface area contributed by atoms with Crippen LogP contribution < -0.4 is 9.47 Å². The maximum Gasteiger partial charge on any atom is 0.421 e. The Labute approximate surface area is 161 Å². The van der Waals surface area contributed by atoms with Crippen LogP contribution in [0.25, 0.3) is 0 Å². The summed E-state index contributed by atoms with van der Waals surface area (Å²) in [6.45, 7) is 4.44. The number of pyridine rings is 1. The summed E-state index contributed by atoms with van der Waals surface area (Å²) in [7, 11) is 0. The van der Waals surface area contributed by atoms with Gasteiger partial charge in [-0.3, -0.25) is 4.79 Å². The molecule has 0 N–H and O–H groups in total. The summed E-state index contributed by atoms with van der Waals surface area (Å²) in [5.41, 5.74) is 0.252. The highest BCUT2D eigenvalue weighted by atomic mass is 19.4. The van der Waals surface area contributed by atoms with Crippen LogP contribution in [0.15, 0.2) is 42.6 Å². The summed E-state index contributed by atoms with van der Waals surface area (Å²) >= 11 is 0. The molecule has 28 heavy (non-hydrogen) atoms. The van der Waals surface area contributed by atoms with Gasteiger partial charge in [0.1, 0.15) is 17.4 Å². The maximum absolute atomic E-state index is 13.0. The number of likely N-dealkylation sites (tertiary alicyclic amines) is 1. The van der Waals surface area contributed by atoms with Crippen molar-refractivity contribution in [1.29, 1.82) is 0 Å². The van der Waals surface area contributed by atoms with E-state index in [0.717, 1.165) is 6.07 Å². The molecule has 0 atom stereocenters. The number of aromatic nitrogens is 1. The van der Waals surface area contributed by atoms with Crippen molar-refractivity contribution in [3.63, 3.8) is 0 Å². The second kappa shape index (κ2) is 8.08. The van der Waals surface area contributed by atoms with Crippen molar-refractivity contribution >= 4 is 5.91 Å². The Balaban J connectivity index is 1.47. The molecular formula is C20H21F3N2O3. The Morgan fingerprint density at radius 1 is 1.21 bits per heavy atom. The van der Waals surface area contributed by atoms with Crippen molar-refractivity contribution in [1.82, 2.24) is 9.88 Å². The van der Waals surface area contributed by atoms with Crippen molar-refractivity contribution < 1.29 is 27.4 Å². The van der Waals surface area contributed by atoms with E-state index in [0.29, 0.717) is 11.7 Å². The van der Waals surface area contributed by atoms with E-state index < -0.39 is 23.7 Å². The molecule has 1 amide bonds. The lowest BCUT2D eigenvalue weighted by molar-refractivity contribution is -0.146. The minimum atomic E-state index is -4.54. The normalized spacial score (nSPS) is 14.7. The Hall–Kier alpha value is -2.77. The van der Waals surface area contributed by atoms with Crippen LogP contribution >= 0.6 is 0 Å².